The van der Waals surface area contributed by atoms with Crippen LogP contribution in [0.1, 0.15) is 32.6 Å². The van der Waals surface area contributed by atoms with E-state index in [1.807, 2.05) is 41.3 Å². The molecule has 1 unspecified atom stereocenters. The van der Waals surface area contributed by atoms with E-state index in [-0.39, 0.29) is 17.9 Å². The van der Waals surface area contributed by atoms with Gasteiger partial charge in [0, 0.05) is 31.2 Å². The number of carbonyl (C=O) groups excluding carboxylic acids is 2. The zero-order chi connectivity index (χ0) is 20.7. The zero-order valence-corrected chi connectivity index (χ0v) is 16.8. The van der Waals surface area contributed by atoms with Crippen molar-refractivity contribution in [3.8, 4) is 0 Å². The molecule has 1 fully saturated rings. The predicted molar refractivity (Wildman–Crippen MR) is 111 cm³/mol. The molecule has 5 rings (SSSR count). The number of ether oxygens (including phenoxy) is 1. The normalized spacial score (nSPS) is 20.6. The number of benzene rings is 2. The van der Waals surface area contributed by atoms with Crippen molar-refractivity contribution in [2.45, 2.75) is 31.9 Å². The van der Waals surface area contributed by atoms with Crippen LogP contribution in [0, 0.1) is 6.57 Å². The molecular formula is C24H23N3O3. The molecule has 6 nitrogen and oxygen atoms in total. The molecule has 0 bridgehead atoms. The maximum Gasteiger partial charge on any atom is 0.338 e. The van der Waals surface area contributed by atoms with Crippen LogP contribution in [-0.4, -0.2) is 53.9 Å². The third-order valence-electron chi connectivity index (χ3n) is 6.47. The molecule has 3 aliphatic rings. The molecule has 0 radical (unpaired) electrons. The standard InChI is InChI=1S/C24H23N3O3/c1-25-20-4-3-17-12-21(13-18(17)11-20)27-9-8-26(14-23(27)28)7-6-16-2-5-22-19(10-16)15-30-24(22)29/h2-5,10-11,21H,6-9,12-15H2. The fraction of sp³-hybridized carbons (Fsp3) is 0.375. The van der Waals surface area contributed by atoms with Gasteiger partial charge in [0.2, 0.25) is 5.91 Å². The van der Waals surface area contributed by atoms with Crippen molar-refractivity contribution in [2.75, 3.05) is 26.2 Å². The lowest BCUT2D eigenvalue weighted by Gasteiger charge is -2.37. The van der Waals surface area contributed by atoms with Gasteiger partial charge in [-0.15, -0.1) is 0 Å². The van der Waals surface area contributed by atoms with E-state index in [0.717, 1.165) is 44.5 Å². The minimum Gasteiger partial charge on any atom is -0.457 e. The van der Waals surface area contributed by atoms with Gasteiger partial charge in [-0.3, -0.25) is 9.69 Å². The minimum absolute atomic E-state index is 0.192. The van der Waals surface area contributed by atoms with Crippen molar-refractivity contribution in [1.29, 1.82) is 0 Å². The molecule has 1 amide bonds. The average molecular weight is 401 g/mol. The van der Waals surface area contributed by atoms with Crippen LogP contribution >= 0.6 is 0 Å². The van der Waals surface area contributed by atoms with E-state index in [9.17, 15) is 9.59 Å². The summed E-state index contributed by atoms with van der Waals surface area (Å²) in [6, 6.07) is 12.0. The number of rotatable bonds is 4. The molecule has 2 aliphatic heterocycles. The third kappa shape index (κ3) is 3.46. The summed E-state index contributed by atoms with van der Waals surface area (Å²) in [5, 5.41) is 0. The smallest absolute Gasteiger partial charge is 0.338 e. The first-order valence-electron chi connectivity index (χ1n) is 10.4. The van der Waals surface area contributed by atoms with Crippen molar-refractivity contribution >= 4 is 17.6 Å². The molecule has 1 aliphatic carbocycles. The van der Waals surface area contributed by atoms with Gasteiger partial charge in [-0.25, -0.2) is 9.64 Å². The summed E-state index contributed by atoms with van der Waals surface area (Å²) in [6.45, 7) is 10.4. The van der Waals surface area contributed by atoms with Crippen molar-refractivity contribution in [3.05, 3.63) is 75.6 Å². The predicted octanol–water partition coefficient (Wildman–Crippen LogP) is 2.76. The molecule has 0 N–H and O–H groups in total. The number of piperazine rings is 1. The first-order valence-corrected chi connectivity index (χ1v) is 10.4. The summed E-state index contributed by atoms with van der Waals surface area (Å²) < 4.78 is 5.07. The number of hydrogen-bond donors (Lipinski definition) is 0. The number of carbonyl (C=O) groups is 2. The molecule has 0 spiro atoms. The molecule has 0 saturated carbocycles. The number of cyclic esters (lactones) is 1. The second kappa shape index (κ2) is 7.58. The summed E-state index contributed by atoms with van der Waals surface area (Å²) in [5.41, 5.74) is 5.95. The van der Waals surface area contributed by atoms with Crippen LogP contribution in [-0.2, 0) is 35.4 Å². The van der Waals surface area contributed by atoms with Crippen LogP contribution in [0.15, 0.2) is 36.4 Å². The van der Waals surface area contributed by atoms with Crippen molar-refractivity contribution in [2.24, 2.45) is 0 Å². The van der Waals surface area contributed by atoms with E-state index in [2.05, 4.69) is 9.74 Å². The highest BCUT2D eigenvalue weighted by Gasteiger charge is 2.33. The van der Waals surface area contributed by atoms with Crippen molar-refractivity contribution in [3.63, 3.8) is 0 Å². The van der Waals surface area contributed by atoms with Gasteiger partial charge < -0.3 is 9.64 Å². The van der Waals surface area contributed by atoms with Crippen molar-refractivity contribution < 1.29 is 14.3 Å². The van der Waals surface area contributed by atoms with Crippen LogP contribution in [0.3, 0.4) is 0 Å². The van der Waals surface area contributed by atoms with Gasteiger partial charge in [0.05, 0.1) is 18.7 Å². The Hall–Kier alpha value is -3.17. The van der Waals surface area contributed by atoms with Gasteiger partial charge in [0.15, 0.2) is 5.69 Å². The molecule has 6 heteroatoms. The van der Waals surface area contributed by atoms with Crippen LogP contribution in [0.2, 0.25) is 0 Å². The Kier molecular flexibility index (Phi) is 4.76. The fourth-order valence-corrected chi connectivity index (χ4v) is 4.81. The van der Waals surface area contributed by atoms with Gasteiger partial charge >= 0.3 is 5.97 Å². The summed E-state index contributed by atoms with van der Waals surface area (Å²) in [5.74, 6) is -0.0462. The van der Waals surface area contributed by atoms with Crippen LogP contribution in [0.5, 0.6) is 0 Å². The zero-order valence-electron chi connectivity index (χ0n) is 16.8. The Morgan fingerprint density at radius 1 is 1.03 bits per heavy atom. The number of esters is 1. The highest BCUT2D eigenvalue weighted by Crippen LogP contribution is 2.30. The maximum atomic E-state index is 12.8. The largest absolute Gasteiger partial charge is 0.457 e. The SMILES string of the molecule is [C-]#[N+]c1ccc2c(c1)CC(N1CCN(CCc3ccc4c(c3)COC4=O)CC1=O)C2. The number of fused-ring (bicyclic) bond motifs is 2. The van der Waals surface area contributed by atoms with Crippen molar-refractivity contribution in [1.82, 2.24) is 9.80 Å². The van der Waals surface area contributed by atoms with E-state index in [1.54, 1.807) is 0 Å². The van der Waals surface area contributed by atoms with Crippen LogP contribution in [0.4, 0.5) is 5.69 Å². The lowest BCUT2D eigenvalue weighted by Crippen LogP contribution is -2.54. The summed E-state index contributed by atoms with van der Waals surface area (Å²) in [7, 11) is 0. The first kappa shape index (κ1) is 18.8. The number of nitrogens with zero attached hydrogens (tertiary/aromatic N) is 3. The minimum atomic E-state index is -0.238. The lowest BCUT2D eigenvalue weighted by molar-refractivity contribution is -0.138. The molecular weight excluding hydrogens is 378 g/mol. The molecule has 1 saturated heterocycles. The summed E-state index contributed by atoms with van der Waals surface area (Å²) in [4.78, 5) is 32.2. The maximum absolute atomic E-state index is 12.8. The summed E-state index contributed by atoms with van der Waals surface area (Å²) >= 11 is 0. The van der Waals surface area contributed by atoms with E-state index in [4.69, 9.17) is 11.3 Å². The van der Waals surface area contributed by atoms with Gasteiger partial charge in [-0.05, 0) is 36.5 Å². The molecule has 2 aromatic rings. The Morgan fingerprint density at radius 3 is 2.73 bits per heavy atom. The second-order valence-corrected chi connectivity index (χ2v) is 8.31. The number of hydrogen-bond acceptors (Lipinski definition) is 4. The fourth-order valence-electron chi connectivity index (χ4n) is 4.81. The topological polar surface area (TPSA) is 54.2 Å². The highest BCUT2D eigenvalue weighted by atomic mass is 16.5. The van der Waals surface area contributed by atoms with E-state index in [0.29, 0.717) is 24.4 Å². The third-order valence-corrected chi connectivity index (χ3v) is 6.47. The Bertz CT molecular complexity index is 1070. The first-order chi connectivity index (χ1) is 14.6. The molecule has 2 aromatic carbocycles. The lowest BCUT2D eigenvalue weighted by atomic mass is 10.0. The Morgan fingerprint density at radius 2 is 1.90 bits per heavy atom. The molecule has 30 heavy (non-hydrogen) atoms. The average Bonchev–Trinajstić information content (AvgIpc) is 3.35. The molecule has 152 valence electrons. The quantitative estimate of drug-likeness (QED) is 0.584. The van der Waals surface area contributed by atoms with Crippen LogP contribution in [0.25, 0.3) is 4.85 Å². The van der Waals surface area contributed by atoms with Gasteiger partial charge in [0.1, 0.15) is 6.61 Å². The van der Waals surface area contributed by atoms with Gasteiger partial charge in [0.25, 0.3) is 0 Å². The monoisotopic (exact) mass is 401 g/mol. The van der Waals surface area contributed by atoms with E-state index < -0.39 is 0 Å². The number of amides is 1. The molecule has 1 atom stereocenters. The van der Waals surface area contributed by atoms with Gasteiger partial charge in [-0.2, -0.15) is 0 Å². The summed E-state index contributed by atoms with van der Waals surface area (Å²) in [6.07, 6.45) is 2.58. The van der Waals surface area contributed by atoms with E-state index >= 15 is 0 Å². The van der Waals surface area contributed by atoms with E-state index in [1.165, 1.54) is 16.7 Å². The highest BCUT2D eigenvalue weighted by molar-refractivity contribution is 5.93. The van der Waals surface area contributed by atoms with Crippen LogP contribution < -0.4 is 0 Å². The molecule has 2 heterocycles. The second-order valence-electron chi connectivity index (χ2n) is 8.31. The Balaban J connectivity index is 1.16. The molecule has 0 aromatic heterocycles. The Labute approximate surface area is 175 Å². The van der Waals surface area contributed by atoms with Gasteiger partial charge in [-0.1, -0.05) is 35.9 Å².